The molecule has 0 aromatic rings. The second-order valence-corrected chi connectivity index (χ2v) is 2.88. The summed E-state index contributed by atoms with van der Waals surface area (Å²) in [6.45, 7) is 3.99. The monoisotopic (exact) mass is 204 g/mol. The molecule has 82 valence electrons. The smallest absolute Gasteiger partial charge is 0.404 e. The maximum absolute atomic E-state index is 11.0. The van der Waals surface area contributed by atoms with Crippen LogP contribution in [0.5, 0.6) is 0 Å². The summed E-state index contributed by atoms with van der Waals surface area (Å²) < 4.78 is 9.44. The van der Waals surface area contributed by atoms with Gasteiger partial charge in [-0.3, -0.25) is 4.79 Å². The third-order valence-corrected chi connectivity index (χ3v) is 1.22. The molecule has 0 saturated heterocycles. The van der Waals surface area contributed by atoms with Crippen LogP contribution in [0.25, 0.3) is 0 Å². The number of rotatable bonds is 6. The van der Waals surface area contributed by atoms with Gasteiger partial charge in [0.2, 0.25) is 5.91 Å². The number of primary amides is 1. The van der Waals surface area contributed by atoms with Gasteiger partial charge in [0.25, 0.3) is 0 Å². The Morgan fingerprint density at radius 1 is 1.43 bits per heavy atom. The Morgan fingerprint density at radius 2 is 2.07 bits per heavy atom. The van der Waals surface area contributed by atoms with Crippen LogP contribution in [0.2, 0.25) is 0 Å². The van der Waals surface area contributed by atoms with E-state index in [2.05, 4.69) is 10.1 Å². The third kappa shape index (κ3) is 8.79. The molecule has 2 amide bonds. The van der Waals surface area contributed by atoms with Crippen LogP contribution in [0.3, 0.4) is 0 Å². The molecule has 0 heterocycles. The fraction of sp³-hybridized carbons (Fsp3) is 0.750. The van der Waals surface area contributed by atoms with Gasteiger partial charge in [-0.15, -0.1) is 0 Å². The van der Waals surface area contributed by atoms with E-state index in [9.17, 15) is 9.59 Å². The molecule has 0 aliphatic carbocycles. The molecule has 0 radical (unpaired) electrons. The number of hydrogen-bond acceptors (Lipinski definition) is 4. The highest BCUT2D eigenvalue weighted by atomic mass is 16.5. The summed E-state index contributed by atoms with van der Waals surface area (Å²) in [4.78, 5) is 21.1. The van der Waals surface area contributed by atoms with E-state index in [1.54, 1.807) is 0 Å². The van der Waals surface area contributed by atoms with Crippen molar-refractivity contribution in [1.82, 2.24) is 5.32 Å². The van der Waals surface area contributed by atoms with Gasteiger partial charge in [0.1, 0.15) is 13.2 Å². The Bertz CT molecular complexity index is 194. The van der Waals surface area contributed by atoms with Crippen molar-refractivity contribution < 1.29 is 19.1 Å². The summed E-state index contributed by atoms with van der Waals surface area (Å²) in [5.74, 6) is -0.244. The lowest BCUT2D eigenvalue weighted by Gasteiger charge is -2.07. The van der Waals surface area contributed by atoms with E-state index in [1.807, 2.05) is 13.8 Å². The summed E-state index contributed by atoms with van der Waals surface area (Å²) in [6.07, 6.45) is -0.833. The average Bonchev–Trinajstić information content (AvgIpc) is 2.08. The maximum atomic E-state index is 11.0. The van der Waals surface area contributed by atoms with Gasteiger partial charge in [-0.2, -0.15) is 0 Å². The first-order valence-electron chi connectivity index (χ1n) is 4.33. The van der Waals surface area contributed by atoms with Crippen LogP contribution in [0.1, 0.15) is 13.8 Å². The van der Waals surface area contributed by atoms with E-state index in [1.165, 1.54) is 0 Å². The molecule has 0 aromatic heterocycles. The highest BCUT2D eigenvalue weighted by Crippen LogP contribution is 1.85. The SMILES string of the molecule is CC(C)OCC(=O)NCCOC(N)=O. The van der Waals surface area contributed by atoms with Gasteiger partial charge in [0.05, 0.1) is 12.6 Å². The van der Waals surface area contributed by atoms with Crippen molar-refractivity contribution >= 4 is 12.0 Å². The lowest BCUT2D eigenvalue weighted by molar-refractivity contribution is -0.127. The van der Waals surface area contributed by atoms with E-state index in [0.29, 0.717) is 0 Å². The predicted molar refractivity (Wildman–Crippen MR) is 49.6 cm³/mol. The molecule has 0 bridgehead atoms. The summed E-state index contributed by atoms with van der Waals surface area (Å²) in [6, 6.07) is 0. The van der Waals surface area contributed by atoms with Gasteiger partial charge >= 0.3 is 6.09 Å². The first-order valence-corrected chi connectivity index (χ1v) is 4.33. The predicted octanol–water partition coefficient (Wildman–Crippen LogP) is -0.377. The first-order chi connectivity index (χ1) is 6.52. The van der Waals surface area contributed by atoms with Crippen molar-refractivity contribution in [2.24, 2.45) is 5.73 Å². The van der Waals surface area contributed by atoms with Crippen molar-refractivity contribution in [2.75, 3.05) is 19.8 Å². The van der Waals surface area contributed by atoms with E-state index in [4.69, 9.17) is 10.5 Å². The molecule has 3 N–H and O–H groups in total. The van der Waals surface area contributed by atoms with Crippen LogP contribution in [0, 0.1) is 0 Å². The Hall–Kier alpha value is -1.30. The Labute approximate surface area is 82.7 Å². The summed E-state index contributed by atoms with van der Waals surface area (Å²) >= 11 is 0. The molecular formula is C8H16N2O4. The van der Waals surface area contributed by atoms with Crippen molar-refractivity contribution in [1.29, 1.82) is 0 Å². The average molecular weight is 204 g/mol. The quantitative estimate of drug-likeness (QED) is 0.577. The molecule has 6 heteroatoms. The minimum atomic E-state index is -0.849. The van der Waals surface area contributed by atoms with E-state index in [-0.39, 0.29) is 31.8 Å². The van der Waals surface area contributed by atoms with Crippen LogP contribution < -0.4 is 11.1 Å². The number of nitrogens with two attached hydrogens (primary N) is 1. The second kappa shape index (κ2) is 7.14. The second-order valence-electron chi connectivity index (χ2n) is 2.88. The fourth-order valence-electron chi connectivity index (χ4n) is 0.635. The first kappa shape index (κ1) is 12.7. The van der Waals surface area contributed by atoms with Gasteiger partial charge < -0.3 is 20.5 Å². The van der Waals surface area contributed by atoms with Crippen LogP contribution in [-0.2, 0) is 14.3 Å². The van der Waals surface area contributed by atoms with Gasteiger partial charge in [0, 0.05) is 0 Å². The Balaban J connectivity index is 3.31. The van der Waals surface area contributed by atoms with E-state index in [0.717, 1.165) is 0 Å². The molecule has 0 spiro atoms. The van der Waals surface area contributed by atoms with Crippen molar-refractivity contribution in [3.8, 4) is 0 Å². The van der Waals surface area contributed by atoms with Crippen LogP contribution >= 0.6 is 0 Å². The lowest BCUT2D eigenvalue weighted by atomic mass is 10.5. The van der Waals surface area contributed by atoms with Gasteiger partial charge in [-0.1, -0.05) is 0 Å². The molecule has 0 saturated carbocycles. The molecular weight excluding hydrogens is 188 g/mol. The van der Waals surface area contributed by atoms with E-state index < -0.39 is 6.09 Å². The lowest BCUT2D eigenvalue weighted by Crippen LogP contribution is -2.32. The zero-order valence-corrected chi connectivity index (χ0v) is 8.41. The van der Waals surface area contributed by atoms with Gasteiger partial charge in [-0.05, 0) is 13.8 Å². The van der Waals surface area contributed by atoms with Crippen LogP contribution in [0.4, 0.5) is 4.79 Å². The molecule has 14 heavy (non-hydrogen) atoms. The normalized spacial score (nSPS) is 9.93. The fourth-order valence-corrected chi connectivity index (χ4v) is 0.635. The molecule has 6 nitrogen and oxygen atoms in total. The van der Waals surface area contributed by atoms with Crippen molar-refractivity contribution in [3.63, 3.8) is 0 Å². The number of carbonyl (C=O) groups excluding carboxylic acids is 2. The molecule has 0 rings (SSSR count). The van der Waals surface area contributed by atoms with Crippen LogP contribution in [-0.4, -0.2) is 37.9 Å². The third-order valence-electron chi connectivity index (χ3n) is 1.22. The van der Waals surface area contributed by atoms with Crippen molar-refractivity contribution in [3.05, 3.63) is 0 Å². The summed E-state index contributed by atoms with van der Waals surface area (Å²) in [7, 11) is 0. The zero-order valence-electron chi connectivity index (χ0n) is 8.41. The van der Waals surface area contributed by atoms with Gasteiger partial charge in [0.15, 0.2) is 0 Å². The van der Waals surface area contributed by atoms with Crippen LogP contribution in [0.15, 0.2) is 0 Å². The standard InChI is InChI=1S/C8H16N2O4/c1-6(2)14-5-7(11)10-3-4-13-8(9)12/h6H,3-5H2,1-2H3,(H2,9,12)(H,10,11). The summed E-state index contributed by atoms with van der Waals surface area (Å²) in [5, 5.41) is 2.50. The van der Waals surface area contributed by atoms with E-state index >= 15 is 0 Å². The minimum absolute atomic E-state index is 0.00817. The number of carbonyl (C=O) groups is 2. The zero-order chi connectivity index (χ0) is 11.0. The number of hydrogen-bond donors (Lipinski definition) is 2. The topological polar surface area (TPSA) is 90.7 Å². The number of nitrogens with one attached hydrogen (secondary N) is 1. The molecule has 0 atom stereocenters. The largest absolute Gasteiger partial charge is 0.448 e. The Kier molecular flexibility index (Phi) is 6.47. The molecule has 0 aliphatic rings. The number of amides is 2. The minimum Gasteiger partial charge on any atom is -0.448 e. The molecule has 0 aliphatic heterocycles. The maximum Gasteiger partial charge on any atom is 0.404 e. The van der Waals surface area contributed by atoms with Crippen molar-refractivity contribution in [2.45, 2.75) is 20.0 Å². The molecule has 0 aromatic carbocycles. The highest BCUT2D eigenvalue weighted by molar-refractivity contribution is 5.77. The highest BCUT2D eigenvalue weighted by Gasteiger charge is 2.02. The summed E-state index contributed by atoms with van der Waals surface area (Å²) in [5.41, 5.74) is 4.71. The number of ether oxygens (including phenoxy) is 2. The molecule has 0 fully saturated rings. The van der Waals surface area contributed by atoms with Gasteiger partial charge in [-0.25, -0.2) is 4.79 Å². The Morgan fingerprint density at radius 3 is 2.57 bits per heavy atom. The molecule has 0 unspecified atom stereocenters.